The standard InChI is InChI=1S/C18H15F2N5O2/c1-26-18-13(20)10-23-17(24-18)14(21)8-16(15-6-7-27-25-15)22-9-11-4-2-3-5-12(11)19/h2-8,10H,9,21H2,1H3. The number of hydrogen-bond acceptors (Lipinski definition) is 7. The van der Waals surface area contributed by atoms with Crippen LogP contribution in [0.1, 0.15) is 17.1 Å². The molecule has 0 radical (unpaired) electrons. The Morgan fingerprint density at radius 2 is 2.07 bits per heavy atom. The maximum atomic E-state index is 13.8. The zero-order chi connectivity index (χ0) is 19.2. The summed E-state index contributed by atoms with van der Waals surface area (Å²) in [6.45, 7) is 0.0617. The quantitative estimate of drug-likeness (QED) is 0.669. The number of allylic oxidation sites excluding steroid dienone is 1. The third-order valence-electron chi connectivity index (χ3n) is 3.53. The Bertz CT molecular complexity index is 987. The van der Waals surface area contributed by atoms with Gasteiger partial charge < -0.3 is 15.0 Å². The van der Waals surface area contributed by atoms with E-state index >= 15 is 0 Å². The van der Waals surface area contributed by atoms with E-state index in [4.69, 9.17) is 15.0 Å². The molecule has 0 spiro atoms. The number of rotatable bonds is 6. The lowest BCUT2D eigenvalue weighted by Gasteiger charge is -2.05. The number of halogens is 2. The highest BCUT2D eigenvalue weighted by molar-refractivity contribution is 6.10. The second kappa shape index (κ2) is 8.17. The predicted molar refractivity (Wildman–Crippen MR) is 93.9 cm³/mol. The van der Waals surface area contributed by atoms with Gasteiger partial charge in [0.05, 0.1) is 31.3 Å². The molecular formula is C18H15F2N5O2. The third-order valence-corrected chi connectivity index (χ3v) is 3.53. The van der Waals surface area contributed by atoms with Crippen LogP contribution in [0.3, 0.4) is 0 Å². The van der Waals surface area contributed by atoms with Gasteiger partial charge in [-0.2, -0.15) is 9.37 Å². The molecule has 0 unspecified atom stereocenters. The van der Waals surface area contributed by atoms with Crippen molar-refractivity contribution in [1.29, 1.82) is 0 Å². The Morgan fingerprint density at radius 3 is 2.78 bits per heavy atom. The van der Waals surface area contributed by atoms with Crippen LogP contribution in [0.5, 0.6) is 5.88 Å². The first-order valence-corrected chi connectivity index (χ1v) is 7.81. The smallest absolute Gasteiger partial charge is 0.253 e. The molecule has 1 aromatic carbocycles. The summed E-state index contributed by atoms with van der Waals surface area (Å²) in [5.41, 5.74) is 7.25. The fourth-order valence-electron chi connectivity index (χ4n) is 2.19. The molecule has 7 nitrogen and oxygen atoms in total. The zero-order valence-electron chi connectivity index (χ0n) is 14.3. The van der Waals surface area contributed by atoms with Crippen LogP contribution in [0.25, 0.3) is 5.70 Å². The topological polar surface area (TPSA) is 99.4 Å². The molecule has 0 saturated heterocycles. The molecular weight excluding hydrogens is 356 g/mol. The lowest BCUT2D eigenvalue weighted by atomic mass is 10.2. The van der Waals surface area contributed by atoms with Crippen molar-refractivity contribution in [3.63, 3.8) is 0 Å². The summed E-state index contributed by atoms with van der Waals surface area (Å²) in [6, 6.07) is 7.87. The van der Waals surface area contributed by atoms with E-state index in [1.54, 1.807) is 24.3 Å². The van der Waals surface area contributed by atoms with Crippen LogP contribution < -0.4 is 10.5 Å². The number of ether oxygens (including phenoxy) is 1. The van der Waals surface area contributed by atoms with Gasteiger partial charge in [-0.15, -0.1) is 0 Å². The molecule has 2 aromatic heterocycles. The second-order valence-electron chi connectivity index (χ2n) is 5.33. The van der Waals surface area contributed by atoms with E-state index < -0.39 is 5.82 Å². The van der Waals surface area contributed by atoms with Gasteiger partial charge in [-0.3, -0.25) is 4.99 Å². The van der Waals surface area contributed by atoms with Gasteiger partial charge in [0.1, 0.15) is 17.8 Å². The summed E-state index contributed by atoms with van der Waals surface area (Å²) in [4.78, 5) is 12.1. The molecule has 0 amide bonds. The molecule has 3 aromatic rings. The van der Waals surface area contributed by atoms with Crippen LogP contribution in [0.15, 0.2) is 58.4 Å². The zero-order valence-corrected chi connectivity index (χ0v) is 14.3. The molecule has 3 rings (SSSR count). The van der Waals surface area contributed by atoms with Gasteiger partial charge in [-0.05, 0) is 12.1 Å². The van der Waals surface area contributed by atoms with Crippen LogP contribution >= 0.6 is 0 Å². The summed E-state index contributed by atoms with van der Waals surface area (Å²) >= 11 is 0. The molecule has 2 N–H and O–H groups in total. The van der Waals surface area contributed by atoms with Crippen molar-refractivity contribution in [1.82, 2.24) is 15.1 Å². The van der Waals surface area contributed by atoms with E-state index in [9.17, 15) is 8.78 Å². The number of nitrogens with zero attached hydrogens (tertiary/aromatic N) is 4. The molecule has 27 heavy (non-hydrogen) atoms. The van der Waals surface area contributed by atoms with Crippen molar-refractivity contribution < 1.29 is 18.0 Å². The van der Waals surface area contributed by atoms with Crippen molar-refractivity contribution in [2.24, 2.45) is 10.7 Å². The fourth-order valence-corrected chi connectivity index (χ4v) is 2.19. The summed E-state index contributed by atoms with van der Waals surface area (Å²) < 4.78 is 37.0. The Balaban J connectivity index is 1.95. The molecule has 0 aliphatic rings. The molecule has 138 valence electrons. The largest absolute Gasteiger partial charge is 0.479 e. The van der Waals surface area contributed by atoms with E-state index in [2.05, 4.69) is 20.1 Å². The number of nitrogens with two attached hydrogens (primary N) is 1. The highest BCUT2D eigenvalue weighted by Crippen LogP contribution is 2.15. The number of hydrogen-bond donors (Lipinski definition) is 1. The van der Waals surface area contributed by atoms with Crippen molar-refractivity contribution in [3.8, 4) is 5.88 Å². The first kappa shape index (κ1) is 18.2. The van der Waals surface area contributed by atoms with Crippen molar-refractivity contribution in [3.05, 3.63) is 77.6 Å². The van der Waals surface area contributed by atoms with E-state index in [1.165, 1.54) is 25.5 Å². The van der Waals surface area contributed by atoms with E-state index in [1.807, 2.05) is 0 Å². The Kier molecular flexibility index (Phi) is 5.50. The Labute approximate surface area is 153 Å². The molecule has 0 saturated carbocycles. The average molecular weight is 371 g/mol. The molecule has 0 atom stereocenters. The first-order valence-electron chi connectivity index (χ1n) is 7.81. The van der Waals surface area contributed by atoms with Crippen LogP contribution in [0.2, 0.25) is 0 Å². The molecule has 0 bridgehead atoms. The van der Waals surface area contributed by atoms with Gasteiger partial charge in [0.25, 0.3) is 5.88 Å². The van der Waals surface area contributed by atoms with Crippen molar-refractivity contribution in [2.75, 3.05) is 7.11 Å². The SMILES string of the molecule is COc1nc(C(N)=CC(=NCc2ccccc2F)c2ccon2)ncc1F. The minimum Gasteiger partial charge on any atom is -0.479 e. The molecule has 0 fully saturated rings. The fraction of sp³-hybridized carbons (Fsp3) is 0.111. The molecule has 0 aliphatic heterocycles. The van der Waals surface area contributed by atoms with E-state index in [-0.39, 0.29) is 29.8 Å². The van der Waals surface area contributed by atoms with Crippen LogP contribution in [0.4, 0.5) is 8.78 Å². The van der Waals surface area contributed by atoms with Crippen LogP contribution in [-0.4, -0.2) is 27.9 Å². The summed E-state index contributed by atoms with van der Waals surface area (Å²) in [6.07, 6.45) is 3.77. The monoisotopic (exact) mass is 371 g/mol. The second-order valence-corrected chi connectivity index (χ2v) is 5.33. The number of benzene rings is 1. The Morgan fingerprint density at radius 1 is 1.26 bits per heavy atom. The maximum Gasteiger partial charge on any atom is 0.253 e. The van der Waals surface area contributed by atoms with Gasteiger partial charge in [0.2, 0.25) is 5.82 Å². The van der Waals surface area contributed by atoms with Gasteiger partial charge in [0.15, 0.2) is 5.82 Å². The lowest BCUT2D eigenvalue weighted by molar-refractivity contribution is 0.366. The van der Waals surface area contributed by atoms with Crippen LogP contribution in [-0.2, 0) is 6.54 Å². The normalized spacial score (nSPS) is 12.3. The van der Waals surface area contributed by atoms with Crippen molar-refractivity contribution in [2.45, 2.75) is 6.54 Å². The number of aromatic nitrogens is 3. The lowest BCUT2D eigenvalue weighted by Crippen LogP contribution is -2.09. The summed E-state index contributed by atoms with van der Waals surface area (Å²) in [7, 11) is 1.28. The highest BCUT2D eigenvalue weighted by atomic mass is 19.1. The molecule has 2 heterocycles. The van der Waals surface area contributed by atoms with Gasteiger partial charge in [-0.1, -0.05) is 23.4 Å². The third kappa shape index (κ3) is 4.32. The van der Waals surface area contributed by atoms with Gasteiger partial charge in [-0.25, -0.2) is 9.37 Å². The van der Waals surface area contributed by atoms with E-state index in [0.29, 0.717) is 17.0 Å². The predicted octanol–water partition coefficient (Wildman–Crippen LogP) is 2.74. The van der Waals surface area contributed by atoms with E-state index in [0.717, 1.165) is 6.20 Å². The summed E-state index contributed by atoms with van der Waals surface area (Å²) in [5, 5.41) is 3.82. The number of methoxy groups -OCH3 is 1. The highest BCUT2D eigenvalue weighted by Gasteiger charge is 2.12. The van der Waals surface area contributed by atoms with Gasteiger partial charge >= 0.3 is 0 Å². The molecule has 0 aliphatic carbocycles. The number of aliphatic imine (C=N–C) groups is 1. The van der Waals surface area contributed by atoms with Gasteiger partial charge in [0, 0.05) is 11.6 Å². The molecule has 9 heteroatoms. The maximum absolute atomic E-state index is 13.8. The summed E-state index contributed by atoms with van der Waals surface area (Å²) in [5.74, 6) is -1.26. The minimum atomic E-state index is -0.709. The van der Waals surface area contributed by atoms with Crippen LogP contribution in [0, 0.1) is 11.6 Å². The Hall–Kier alpha value is -3.62. The van der Waals surface area contributed by atoms with Crippen molar-refractivity contribution >= 4 is 11.4 Å². The average Bonchev–Trinajstić information content (AvgIpc) is 3.21. The first-order chi connectivity index (χ1) is 13.1. The minimum absolute atomic E-state index is 0.0512.